The van der Waals surface area contributed by atoms with Gasteiger partial charge in [-0.25, -0.2) is 0 Å². The molecule has 0 spiro atoms. The topological polar surface area (TPSA) is 45.4 Å². The van der Waals surface area contributed by atoms with Crippen LogP contribution in [0.5, 0.6) is 5.75 Å². The molecule has 17 heavy (non-hydrogen) atoms. The van der Waals surface area contributed by atoms with Crippen LogP contribution in [0.15, 0.2) is 12.1 Å². The number of halogens is 2. The summed E-state index contributed by atoms with van der Waals surface area (Å²) in [4.78, 5) is 0. The number of aliphatic hydroxyl groups excluding tert-OH is 1. The molecular formula is C12H11Cl2NO2. The van der Waals surface area contributed by atoms with Crippen LogP contribution in [0.2, 0.25) is 10.0 Å². The van der Waals surface area contributed by atoms with Crippen molar-refractivity contribution in [3.63, 3.8) is 0 Å². The highest BCUT2D eigenvalue weighted by atomic mass is 35.5. The van der Waals surface area contributed by atoms with E-state index < -0.39 is 0 Å². The smallest absolute Gasteiger partial charge is 0.126 e. The highest BCUT2D eigenvalue weighted by molar-refractivity contribution is 6.45. The van der Waals surface area contributed by atoms with E-state index in [0.29, 0.717) is 27.5 Å². The van der Waals surface area contributed by atoms with Crippen LogP contribution in [0.4, 0.5) is 0 Å². The molecule has 5 heteroatoms. The number of aliphatic hydroxyl groups is 1. The standard InChI is InChI=1S/C12H11Cl2NO2/c13-9-4-10(17)8-3-6-1-2-7(16)5-15(6)12(8)11(9)14/h3-4,7,16-17H,1-2,5H2. The van der Waals surface area contributed by atoms with Gasteiger partial charge in [-0.1, -0.05) is 23.2 Å². The maximum Gasteiger partial charge on any atom is 0.126 e. The van der Waals surface area contributed by atoms with E-state index in [1.54, 1.807) is 0 Å². The molecule has 1 aliphatic heterocycles. The molecule has 0 amide bonds. The molecule has 90 valence electrons. The van der Waals surface area contributed by atoms with Crippen LogP contribution >= 0.6 is 23.2 Å². The van der Waals surface area contributed by atoms with Crippen molar-refractivity contribution in [2.45, 2.75) is 25.5 Å². The Hall–Kier alpha value is -0.900. The van der Waals surface area contributed by atoms with Crippen LogP contribution in [-0.4, -0.2) is 20.9 Å². The predicted molar refractivity (Wildman–Crippen MR) is 68.0 cm³/mol. The molecule has 3 rings (SSSR count). The highest BCUT2D eigenvalue weighted by Crippen LogP contribution is 2.40. The van der Waals surface area contributed by atoms with Crippen molar-refractivity contribution < 1.29 is 10.2 Å². The summed E-state index contributed by atoms with van der Waals surface area (Å²) in [6, 6.07) is 3.37. The van der Waals surface area contributed by atoms with Gasteiger partial charge in [0, 0.05) is 23.7 Å². The summed E-state index contributed by atoms with van der Waals surface area (Å²) in [6.45, 7) is 0.498. The van der Waals surface area contributed by atoms with Gasteiger partial charge in [0.25, 0.3) is 0 Å². The number of hydrogen-bond donors (Lipinski definition) is 2. The number of phenols is 1. The Bertz CT molecular complexity index is 606. The zero-order chi connectivity index (χ0) is 12.2. The van der Waals surface area contributed by atoms with Gasteiger partial charge in [0.05, 0.1) is 21.7 Å². The summed E-state index contributed by atoms with van der Waals surface area (Å²) in [5, 5.41) is 21.0. The van der Waals surface area contributed by atoms with Gasteiger partial charge in [-0.3, -0.25) is 0 Å². The van der Waals surface area contributed by atoms with E-state index in [-0.39, 0.29) is 11.9 Å². The van der Waals surface area contributed by atoms with E-state index >= 15 is 0 Å². The molecule has 1 atom stereocenters. The molecule has 0 bridgehead atoms. The second-order valence-corrected chi connectivity index (χ2v) is 5.18. The van der Waals surface area contributed by atoms with Gasteiger partial charge in [0.1, 0.15) is 5.75 Å². The van der Waals surface area contributed by atoms with Crippen molar-refractivity contribution in [3.8, 4) is 5.75 Å². The molecule has 2 N–H and O–H groups in total. The number of fused-ring (bicyclic) bond motifs is 3. The molecule has 0 aliphatic carbocycles. The second kappa shape index (κ2) is 3.80. The van der Waals surface area contributed by atoms with Crippen molar-refractivity contribution in [3.05, 3.63) is 27.9 Å². The molecule has 0 radical (unpaired) electrons. The minimum atomic E-state index is -0.365. The molecule has 0 fully saturated rings. The second-order valence-electron chi connectivity index (χ2n) is 4.39. The van der Waals surface area contributed by atoms with Crippen molar-refractivity contribution in [1.82, 2.24) is 4.57 Å². The van der Waals surface area contributed by atoms with E-state index in [1.807, 2.05) is 10.6 Å². The largest absolute Gasteiger partial charge is 0.507 e. The van der Waals surface area contributed by atoms with Crippen molar-refractivity contribution >= 4 is 34.1 Å². The fraction of sp³-hybridized carbons (Fsp3) is 0.333. The Balaban J connectivity index is 2.37. The number of phenolic OH excluding ortho intramolecular Hbond substituents is 1. The fourth-order valence-electron chi connectivity index (χ4n) is 2.44. The van der Waals surface area contributed by atoms with Gasteiger partial charge < -0.3 is 14.8 Å². The Kier molecular flexibility index (Phi) is 2.51. The lowest BCUT2D eigenvalue weighted by molar-refractivity contribution is 0.133. The van der Waals surface area contributed by atoms with Crippen LogP contribution in [-0.2, 0) is 13.0 Å². The van der Waals surface area contributed by atoms with Crippen LogP contribution in [0, 0.1) is 0 Å². The number of aryl methyl sites for hydroxylation is 1. The Morgan fingerprint density at radius 3 is 2.82 bits per heavy atom. The Labute approximate surface area is 108 Å². The minimum absolute atomic E-state index is 0.130. The number of hydrogen-bond acceptors (Lipinski definition) is 2. The van der Waals surface area contributed by atoms with E-state index in [1.165, 1.54) is 6.07 Å². The summed E-state index contributed by atoms with van der Waals surface area (Å²) in [6.07, 6.45) is 1.15. The van der Waals surface area contributed by atoms with Gasteiger partial charge in [-0.15, -0.1) is 0 Å². The average molecular weight is 272 g/mol. The van der Waals surface area contributed by atoms with E-state index in [0.717, 1.165) is 18.5 Å². The Morgan fingerprint density at radius 2 is 2.06 bits per heavy atom. The third-order valence-electron chi connectivity index (χ3n) is 3.27. The zero-order valence-electron chi connectivity index (χ0n) is 8.95. The highest BCUT2D eigenvalue weighted by Gasteiger charge is 2.22. The third kappa shape index (κ3) is 1.61. The minimum Gasteiger partial charge on any atom is -0.507 e. The first-order chi connectivity index (χ1) is 8.08. The molecule has 1 aliphatic rings. The van der Waals surface area contributed by atoms with Crippen molar-refractivity contribution in [2.24, 2.45) is 0 Å². The quantitative estimate of drug-likeness (QED) is 0.774. The predicted octanol–water partition coefficient (Wildman–Crippen LogP) is 2.96. The molecule has 0 saturated carbocycles. The van der Waals surface area contributed by atoms with E-state index in [9.17, 15) is 10.2 Å². The molecule has 1 unspecified atom stereocenters. The summed E-state index contributed by atoms with van der Waals surface area (Å²) in [7, 11) is 0. The summed E-state index contributed by atoms with van der Waals surface area (Å²) >= 11 is 12.1. The number of nitrogens with zero attached hydrogens (tertiary/aromatic N) is 1. The lowest BCUT2D eigenvalue weighted by Crippen LogP contribution is -2.23. The van der Waals surface area contributed by atoms with Crippen LogP contribution in [0.25, 0.3) is 10.9 Å². The number of benzene rings is 1. The van der Waals surface area contributed by atoms with Crippen LogP contribution in [0.3, 0.4) is 0 Å². The van der Waals surface area contributed by atoms with Gasteiger partial charge in [0.2, 0.25) is 0 Å². The van der Waals surface area contributed by atoms with Crippen LogP contribution < -0.4 is 0 Å². The maximum absolute atomic E-state index is 9.87. The SMILES string of the molecule is Oc1cc(Cl)c(Cl)c2c1cc1n2CC(O)CC1. The molecule has 1 aromatic carbocycles. The van der Waals surface area contributed by atoms with Gasteiger partial charge in [-0.05, 0) is 18.9 Å². The Morgan fingerprint density at radius 1 is 1.29 bits per heavy atom. The molecule has 0 saturated heterocycles. The maximum atomic E-state index is 9.87. The number of aromatic hydroxyl groups is 1. The summed E-state index contributed by atoms with van der Waals surface area (Å²) in [5.74, 6) is 0.130. The molecule has 2 heterocycles. The molecule has 2 aromatic rings. The molecule has 1 aromatic heterocycles. The number of rotatable bonds is 0. The molecule has 3 nitrogen and oxygen atoms in total. The lowest BCUT2D eigenvalue weighted by atomic mass is 10.1. The number of aromatic nitrogens is 1. The van der Waals surface area contributed by atoms with Gasteiger partial charge in [0.15, 0.2) is 0 Å². The normalized spacial score (nSPS) is 19.6. The first-order valence-electron chi connectivity index (χ1n) is 5.45. The fourth-order valence-corrected chi connectivity index (χ4v) is 2.89. The lowest BCUT2D eigenvalue weighted by Gasteiger charge is -2.21. The first kappa shape index (κ1) is 11.2. The third-order valence-corrected chi connectivity index (χ3v) is 4.04. The van der Waals surface area contributed by atoms with Crippen molar-refractivity contribution in [1.29, 1.82) is 0 Å². The van der Waals surface area contributed by atoms with E-state index in [2.05, 4.69) is 0 Å². The van der Waals surface area contributed by atoms with Crippen LogP contribution in [0.1, 0.15) is 12.1 Å². The average Bonchev–Trinajstić information content (AvgIpc) is 2.65. The summed E-state index contributed by atoms with van der Waals surface area (Å²) < 4.78 is 1.94. The molecular weight excluding hydrogens is 261 g/mol. The van der Waals surface area contributed by atoms with Crippen molar-refractivity contribution in [2.75, 3.05) is 0 Å². The van der Waals surface area contributed by atoms with E-state index in [4.69, 9.17) is 23.2 Å². The zero-order valence-corrected chi connectivity index (χ0v) is 10.5. The monoisotopic (exact) mass is 271 g/mol. The summed E-state index contributed by atoms with van der Waals surface area (Å²) in [5.41, 5.74) is 1.79. The first-order valence-corrected chi connectivity index (χ1v) is 6.20. The van der Waals surface area contributed by atoms with Gasteiger partial charge in [-0.2, -0.15) is 0 Å². The van der Waals surface area contributed by atoms with Gasteiger partial charge >= 0.3 is 0 Å².